The van der Waals surface area contributed by atoms with Gasteiger partial charge in [0.25, 0.3) is 0 Å². The lowest BCUT2D eigenvalue weighted by atomic mass is 9.38. The van der Waals surface area contributed by atoms with Crippen LogP contribution in [0, 0.1) is 45.3 Å². The lowest BCUT2D eigenvalue weighted by Crippen LogP contribution is -2.66. The maximum absolute atomic E-state index is 12.8. The Morgan fingerprint density at radius 2 is 0.978 bits per heavy atom. The fourth-order valence-electron chi connectivity index (χ4n) is 17.1. The minimum Gasteiger partial charge on any atom is -0.394 e. The summed E-state index contributed by atoms with van der Waals surface area (Å²) in [6.45, 7) is 12.3. The Hall–Kier alpha value is -1.42. The molecule has 0 aromatic heterocycles. The van der Waals surface area contributed by atoms with Crippen molar-refractivity contribution in [2.24, 2.45) is 45.3 Å². The minimum absolute atomic E-state index is 0.0310. The fourth-order valence-corrected chi connectivity index (χ4v) is 17.1. The highest BCUT2D eigenvalue weighted by Gasteiger charge is 2.71. The van der Waals surface area contributed by atoms with Crippen molar-refractivity contribution in [3.05, 3.63) is 11.6 Å². The second-order valence-corrected chi connectivity index (χ2v) is 28.7. The summed E-state index contributed by atoms with van der Waals surface area (Å²) in [5.41, 5.74) is -2.49. The lowest BCUT2D eigenvalue weighted by molar-refractivity contribution is -0.380. The second-order valence-electron chi connectivity index (χ2n) is 28.7. The van der Waals surface area contributed by atoms with Gasteiger partial charge in [-0.1, -0.05) is 53.2 Å². The molecule has 0 spiro atoms. The molecule has 5 saturated heterocycles. The number of hydrogen-bond donors (Lipinski definition) is 19. The minimum atomic E-state index is -1.96. The van der Waals surface area contributed by atoms with Crippen molar-refractivity contribution in [3.63, 3.8) is 0 Å². The Morgan fingerprint density at radius 1 is 0.517 bits per heavy atom. The first-order valence-electron chi connectivity index (χ1n) is 31.6. The number of rotatable bonds is 20. The van der Waals surface area contributed by atoms with Crippen LogP contribution in [0.15, 0.2) is 11.6 Å². The zero-order valence-corrected chi connectivity index (χ0v) is 51.8. The van der Waals surface area contributed by atoms with Gasteiger partial charge in [0.15, 0.2) is 31.5 Å². The zero-order valence-electron chi connectivity index (χ0n) is 51.8. The number of fused-ring (bicyclic) bond motifs is 5. The first kappa shape index (κ1) is 71.9. The van der Waals surface area contributed by atoms with Crippen LogP contribution >= 0.6 is 0 Å². The maximum atomic E-state index is 12.8. The van der Waals surface area contributed by atoms with E-state index >= 15 is 0 Å². The number of allylic oxidation sites excluding steroid dienone is 1. The van der Waals surface area contributed by atoms with Crippen LogP contribution in [0.25, 0.3) is 0 Å². The third-order valence-electron chi connectivity index (χ3n) is 22.9. The fraction of sp³-hybridized carbons (Fsp3) is 0.967. The number of aliphatic hydroxyl groups excluding tert-OH is 18. The highest BCUT2D eigenvalue weighted by molar-refractivity contribution is 5.32. The van der Waals surface area contributed by atoms with Gasteiger partial charge in [-0.2, -0.15) is 0 Å². The van der Waals surface area contributed by atoms with Gasteiger partial charge in [0.05, 0.1) is 56.9 Å². The quantitative estimate of drug-likeness (QED) is 0.0506. The van der Waals surface area contributed by atoms with Crippen molar-refractivity contribution < 1.29 is 144 Å². The Kier molecular flexibility index (Phi) is 22.3. The Labute approximate surface area is 517 Å². The van der Waals surface area contributed by atoms with E-state index < -0.39 is 227 Å². The first-order chi connectivity index (χ1) is 41.7. The van der Waals surface area contributed by atoms with Crippen LogP contribution in [0.5, 0.6) is 0 Å². The monoisotopic (exact) mass is 1290 g/mol. The summed E-state index contributed by atoms with van der Waals surface area (Å²) in [5, 5.41) is 205. The topological polar surface area (TPSA) is 477 Å². The van der Waals surface area contributed by atoms with Crippen LogP contribution in [0.3, 0.4) is 0 Å². The molecule has 19 N–H and O–H groups in total. The van der Waals surface area contributed by atoms with Crippen molar-refractivity contribution in [3.8, 4) is 0 Å². The van der Waals surface area contributed by atoms with Crippen molar-refractivity contribution >= 4 is 0 Å². The molecule has 29 nitrogen and oxygen atoms in total. The summed E-state index contributed by atoms with van der Waals surface area (Å²) < 4.78 is 59.5. The van der Waals surface area contributed by atoms with E-state index in [1.54, 1.807) is 0 Å². The van der Waals surface area contributed by atoms with Crippen LogP contribution in [-0.4, -0.2) is 308 Å². The Balaban J connectivity index is 0.884. The molecule has 0 aromatic carbocycles. The van der Waals surface area contributed by atoms with Gasteiger partial charge in [-0.05, 0) is 99.7 Å². The van der Waals surface area contributed by atoms with Gasteiger partial charge in [-0.25, -0.2) is 0 Å². The lowest BCUT2D eigenvalue weighted by Gasteiger charge is -2.67. The van der Waals surface area contributed by atoms with E-state index in [1.165, 1.54) is 13.8 Å². The van der Waals surface area contributed by atoms with Crippen molar-refractivity contribution in [2.75, 3.05) is 33.0 Å². The van der Waals surface area contributed by atoms with Crippen LogP contribution in [0.4, 0.5) is 0 Å². The van der Waals surface area contributed by atoms with Crippen LogP contribution in [-0.2, 0) is 47.4 Å². The Bertz CT molecular complexity index is 2340. The Morgan fingerprint density at radius 3 is 1.52 bits per heavy atom. The third kappa shape index (κ3) is 13.0. The molecule has 0 aromatic rings. The van der Waals surface area contributed by atoms with E-state index in [0.717, 1.165) is 18.4 Å². The SMILES string of the molecule is C[C@H](CC[C@@H](O[C@@H]1O[C@H](COC2O[C@H](CO)[C@@H](O)[C@H](O)[C@H]2O)[C@@H](O)[C@H](O)[C@H]1O[C@@H]1O[C@H](CO)[C@@H](O)[C@H](O)[C@H]1O)C(C)(C)O)[C@H]1CC[C@@]2(C)[C@@H]3CC=C4[C@@H](CC[C@H](O[C@@H]5O[C@H](CO)[C@@H](O[C@@H]6O[C@H](CO)[C@@H](O)[C@H](O)[C@H]6O)[C@H](O)[C@H]5O)C4(C)C)[C@]3(C)[C@H](O)C[C@]12C. The number of ether oxygens (including phenoxy) is 10. The normalized spacial score (nSPS) is 51.8. The molecular formula is C60H102O29. The molecule has 5 heterocycles. The third-order valence-corrected chi connectivity index (χ3v) is 22.9. The van der Waals surface area contributed by atoms with E-state index in [4.69, 9.17) is 47.4 Å². The molecule has 4 aliphatic carbocycles. The summed E-state index contributed by atoms with van der Waals surface area (Å²) in [6, 6.07) is 0. The smallest absolute Gasteiger partial charge is 0.187 e. The summed E-state index contributed by atoms with van der Waals surface area (Å²) in [5.74, 6) is -0.0172. The van der Waals surface area contributed by atoms with Gasteiger partial charge in [0.1, 0.15) is 122 Å². The van der Waals surface area contributed by atoms with E-state index in [9.17, 15) is 97.0 Å². The van der Waals surface area contributed by atoms with Crippen LogP contribution in [0.1, 0.15) is 107 Å². The molecular weight excluding hydrogens is 1180 g/mol. The van der Waals surface area contributed by atoms with Gasteiger partial charge >= 0.3 is 0 Å². The maximum Gasteiger partial charge on any atom is 0.187 e. The van der Waals surface area contributed by atoms with E-state index in [1.807, 2.05) is 13.8 Å². The van der Waals surface area contributed by atoms with Crippen molar-refractivity contribution in [1.29, 1.82) is 0 Å². The number of aliphatic hydroxyl groups is 19. The molecule has 89 heavy (non-hydrogen) atoms. The molecule has 516 valence electrons. The highest BCUT2D eigenvalue weighted by Crippen LogP contribution is 2.75. The average Bonchev–Trinajstić information content (AvgIpc) is 1.66. The first-order valence-corrected chi connectivity index (χ1v) is 31.6. The van der Waals surface area contributed by atoms with E-state index in [-0.39, 0.29) is 35.5 Å². The summed E-state index contributed by atoms with van der Waals surface area (Å²) in [7, 11) is 0. The molecule has 8 fully saturated rings. The summed E-state index contributed by atoms with van der Waals surface area (Å²) in [4.78, 5) is 0. The van der Waals surface area contributed by atoms with Gasteiger partial charge in [0, 0.05) is 10.8 Å². The van der Waals surface area contributed by atoms with Crippen molar-refractivity contribution in [1.82, 2.24) is 0 Å². The molecule has 1 unspecified atom stereocenters. The summed E-state index contributed by atoms with van der Waals surface area (Å²) in [6.07, 6.45) is -37.7. The number of hydrogen-bond acceptors (Lipinski definition) is 29. The molecule has 0 amide bonds. The molecule has 9 rings (SSSR count). The molecule has 5 aliphatic heterocycles. The largest absolute Gasteiger partial charge is 0.394 e. The highest BCUT2D eigenvalue weighted by atomic mass is 16.8. The molecule has 9 aliphatic rings. The molecule has 35 atom stereocenters. The van der Waals surface area contributed by atoms with Crippen LogP contribution in [0.2, 0.25) is 0 Å². The van der Waals surface area contributed by atoms with E-state index in [2.05, 4.69) is 33.8 Å². The molecule has 29 heteroatoms. The van der Waals surface area contributed by atoms with E-state index in [0.29, 0.717) is 32.1 Å². The average molecular weight is 1290 g/mol. The van der Waals surface area contributed by atoms with Gasteiger partial charge < -0.3 is 144 Å². The second kappa shape index (κ2) is 27.6. The summed E-state index contributed by atoms with van der Waals surface area (Å²) >= 11 is 0. The van der Waals surface area contributed by atoms with Gasteiger partial charge in [0.2, 0.25) is 0 Å². The predicted octanol–water partition coefficient (Wildman–Crippen LogP) is -5.41. The van der Waals surface area contributed by atoms with Crippen LogP contribution < -0.4 is 0 Å². The zero-order chi connectivity index (χ0) is 65.5. The van der Waals surface area contributed by atoms with Crippen molar-refractivity contribution in [2.45, 2.75) is 284 Å². The van der Waals surface area contributed by atoms with Gasteiger partial charge in [-0.15, -0.1) is 0 Å². The standard InChI is InChI=1S/C60H102O29/c1-23(9-13-35(57(4,5)79)87-55-50(89-54-47(77)42(72)38(68)29(20-63)83-54)43(73)39(69)31(85-55)22-80-51-45(75)40(70)36(66)27(18-61)81-51)24-15-16-58(6)32-12-10-25-26(60(32,8)33(65)17-59(24,58)7)11-14-34(56(25,2)3)86-52-48(78)44(74)49(30(21-64)84-52)88-53-46(76)41(71)37(67)28(19-62)82-53/h10,23-24,26-55,61-79H,9,11-22H2,1-8H3/t23-,24-,26-,27-,28-,29-,30-,31-,32+,33-,34+,35-,36-,37-,38-,39-,40+,41+,42+,43+,44-,45-,46-,47-,48-,49-,50-,51?,52+,53+,54+,55+,58+,59-,60+/m1/s1. The predicted molar refractivity (Wildman–Crippen MR) is 300 cm³/mol. The molecule has 0 radical (unpaired) electrons. The molecule has 3 saturated carbocycles. The van der Waals surface area contributed by atoms with Gasteiger partial charge in [-0.3, -0.25) is 0 Å². The molecule has 0 bridgehead atoms.